The lowest BCUT2D eigenvalue weighted by Gasteiger charge is -2.36. The SMILES string of the molecule is CC1(C)c2cc(B3OC(C)(C)C(C)(C)O3)ccc2-c2c1ccc1c2-c2ccccc2C12CCCCC2. The Balaban J connectivity index is 1.42. The number of benzene rings is 3. The minimum atomic E-state index is -0.339. The molecule has 1 heterocycles. The molecule has 36 heavy (non-hydrogen) atoms. The van der Waals surface area contributed by atoms with Gasteiger partial charge in [-0.2, -0.15) is 0 Å². The van der Waals surface area contributed by atoms with E-state index < -0.39 is 0 Å². The van der Waals surface area contributed by atoms with Gasteiger partial charge in [0.15, 0.2) is 0 Å². The second-order valence-electron chi connectivity index (χ2n) is 13.1. The van der Waals surface area contributed by atoms with Gasteiger partial charge in [-0.05, 0) is 90.5 Å². The van der Waals surface area contributed by atoms with Crippen LogP contribution in [0, 0.1) is 0 Å². The Morgan fingerprint density at radius 3 is 1.94 bits per heavy atom. The first-order valence-electron chi connectivity index (χ1n) is 13.9. The van der Waals surface area contributed by atoms with Gasteiger partial charge in [0.25, 0.3) is 0 Å². The van der Waals surface area contributed by atoms with E-state index in [0.717, 1.165) is 5.46 Å². The fourth-order valence-electron chi connectivity index (χ4n) is 7.61. The third-order valence-electron chi connectivity index (χ3n) is 10.3. The lowest BCUT2D eigenvalue weighted by molar-refractivity contribution is 0.00578. The molecule has 0 aromatic heterocycles. The molecule has 0 radical (unpaired) electrons. The molecule has 3 aromatic carbocycles. The third-order valence-corrected chi connectivity index (χ3v) is 10.3. The Hall–Kier alpha value is -2.36. The first kappa shape index (κ1) is 22.8. The molecule has 2 nitrogen and oxygen atoms in total. The van der Waals surface area contributed by atoms with Crippen molar-refractivity contribution >= 4 is 12.6 Å². The van der Waals surface area contributed by atoms with Gasteiger partial charge in [-0.3, -0.25) is 0 Å². The van der Waals surface area contributed by atoms with Crippen LogP contribution in [0.1, 0.15) is 95.9 Å². The van der Waals surface area contributed by atoms with Gasteiger partial charge in [0.1, 0.15) is 0 Å². The van der Waals surface area contributed by atoms with Gasteiger partial charge >= 0.3 is 7.12 Å². The Morgan fingerprint density at radius 1 is 0.611 bits per heavy atom. The molecule has 7 rings (SSSR count). The molecular formula is C33H37BO2. The van der Waals surface area contributed by atoms with E-state index in [1.165, 1.54) is 65.5 Å². The van der Waals surface area contributed by atoms with E-state index >= 15 is 0 Å². The van der Waals surface area contributed by atoms with E-state index in [1.54, 1.807) is 11.1 Å². The van der Waals surface area contributed by atoms with Gasteiger partial charge in [0.05, 0.1) is 11.2 Å². The molecule has 4 aliphatic rings. The standard InChI is InChI=1S/C33H37BO2/c1-30(2)25-16-17-26-29(22-12-8-9-13-24(22)33(26)18-10-7-11-19-33)28(25)23-15-14-21(20-27(23)30)34-35-31(3,4)32(5,6)36-34/h8-9,12-17,20H,7,10-11,18-19H2,1-6H3. The molecule has 2 fully saturated rings. The van der Waals surface area contributed by atoms with Crippen molar-refractivity contribution in [3.8, 4) is 22.3 Å². The van der Waals surface area contributed by atoms with E-state index in [9.17, 15) is 0 Å². The van der Waals surface area contributed by atoms with Crippen LogP contribution in [-0.2, 0) is 20.1 Å². The van der Waals surface area contributed by atoms with E-state index in [-0.39, 0.29) is 29.2 Å². The van der Waals surface area contributed by atoms with Gasteiger partial charge in [0, 0.05) is 10.8 Å². The summed E-state index contributed by atoms with van der Waals surface area (Å²) in [6.07, 6.45) is 6.55. The quantitative estimate of drug-likeness (QED) is 0.338. The number of hydrogen-bond acceptors (Lipinski definition) is 2. The number of hydrogen-bond donors (Lipinski definition) is 0. The molecule has 1 saturated carbocycles. The van der Waals surface area contributed by atoms with E-state index in [0.29, 0.717) is 0 Å². The summed E-state index contributed by atoms with van der Waals surface area (Å²) in [6, 6.07) is 21.1. The number of fused-ring (bicyclic) bond motifs is 9. The molecular weight excluding hydrogens is 439 g/mol. The molecule has 184 valence electrons. The molecule has 3 aromatic rings. The Labute approximate surface area is 216 Å². The van der Waals surface area contributed by atoms with Crippen molar-refractivity contribution in [2.45, 2.75) is 95.7 Å². The fraction of sp³-hybridized carbons (Fsp3) is 0.455. The van der Waals surface area contributed by atoms with E-state index in [4.69, 9.17) is 9.31 Å². The van der Waals surface area contributed by atoms with Crippen LogP contribution >= 0.6 is 0 Å². The van der Waals surface area contributed by atoms with Crippen molar-refractivity contribution in [1.82, 2.24) is 0 Å². The second-order valence-corrected chi connectivity index (χ2v) is 13.1. The Bertz CT molecular complexity index is 1390. The topological polar surface area (TPSA) is 18.5 Å². The zero-order valence-electron chi connectivity index (χ0n) is 22.6. The molecule has 1 saturated heterocycles. The largest absolute Gasteiger partial charge is 0.494 e. The lowest BCUT2D eigenvalue weighted by Crippen LogP contribution is -2.41. The minimum absolute atomic E-state index is 0.0728. The third kappa shape index (κ3) is 2.77. The summed E-state index contributed by atoms with van der Waals surface area (Å²) in [7, 11) is -0.336. The van der Waals surface area contributed by atoms with Gasteiger partial charge in [-0.1, -0.05) is 87.7 Å². The predicted molar refractivity (Wildman–Crippen MR) is 149 cm³/mol. The van der Waals surface area contributed by atoms with Gasteiger partial charge in [-0.15, -0.1) is 0 Å². The van der Waals surface area contributed by atoms with Gasteiger partial charge in [-0.25, -0.2) is 0 Å². The van der Waals surface area contributed by atoms with Crippen LogP contribution in [0.2, 0.25) is 0 Å². The Morgan fingerprint density at radius 2 is 1.22 bits per heavy atom. The van der Waals surface area contributed by atoms with Gasteiger partial charge in [0.2, 0.25) is 0 Å². The first-order chi connectivity index (χ1) is 17.1. The van der Waals surface area contributed by atoms with Crippen LogP contribution < -0.4 is 5.46 Å². The van der Waals surface area contributed by atoms with E-state index in [1.807, 2.05) is 0 Å². The monoisotopic (exact) mass is 476 g/mol. The Kier molecular flexibility index (Phi) is 4.53. The second kappa shape index (κ2) is 7.14. The summed E-state index contributed by atoms with van der Waals surface area (Å²) in [5, 5.41) is 0. The lowest BCUT2D eigenvalue weighted by atomic mass is 9.67. The van der Waals surface area contributed by atoms with Crippen molar-refractivity contribution in [3.05, 3.63) is 76.9 Å². The molecule has 0 atom stereocenters. The van der Waals surface area contributed by atoms with Gasteiger partial charge < -0.3 is 9.31 Å². The van der Waals surface area contributed by atoms with Crippen molar-refractivity contribution in [1.29, 1.82) is 0 Å². The molecule has 3 heteroatoms. The molecule has 0 amide bonds. The average Bonchev–Trinajstić information content (AvgIpc) is 3.35. The summed E-state index contributed by atoms with van der Waals surface area (Å²) < 4.78 is 12.9. The van der Waals surface area contributed by atoms with Crippen LogP contribution in [0.15, 0.2) is 54.6 Å². The molecule has 1 spiro atoms. The van der Waals surface area contributed by atoms with Crippen molar-refractivity contribution in [2.24, 2.45) is 0 Å². The van der Waals surface area contributed by atoms with Crippen LogP contribution in [0.4, 0.5) is 0 Å². The normalized spacial score (nSPS) is 23.3. The molecule has 0 unspecified atom stereocenters. The molecule has 0 bridgehead atoms. The van der Waals surface area contributed by atoms with Crippen LogP contribution in [-0.4, -0.2) is 18.3 Å². The first-order valence-corrected chi connectivity index (χ1v) is 13.9. The van der Waals surface area contributed by atoms with Crippen molar-refractivity contribution in [2.75, 3.05) is 0 Å². The molecule has 0 N–H and O–H groups in total. The van der Waals surface area contributed by atoms with Crippen LogP contribution in [0.5, 0.6) is 0 Å². The highest BCUT2D eigenvalue weighted by molar-refractivity contribution is 6.62. The maximum absolute atomic E-state index is 6.43. The summed E-state index contributed by atoms with van der Waals surface area (Å²) in [5.74, 6) is 0. The maximum atomic E-state index is 6.43. The molecule has 1 aliphatic heterocycles. The zero-order chi connectivity index (χ0) is 25.1. The van der Waals surface area contributed by atoms with Crippen LogP contribution in [0.3, 0.4) is 0 Å². The highest BCUT2D eigenvalue weighted by Crippen LogP contribution is 2.61. The maximum Gasteiger partial charge on any atom is 0.494 e. The summed E-state index contributed by atoms with van der Waals surface area (Å²) in [4.78, 5) is 0. The van der Waals surface area contributed by atoms with Crippen molar-refractivity contribution < 1.29 is 9.31 Å². The molecule has 3 aliphatic carbocycles. The summed E-state index contributed by atoms with van der Waals surface area (Å²) >= 11 is 0. The van der Waals surface area contributed by atoms with Crippen molar-refractivity contribution in [3.63, 3.8) is 0 Å². The summed E-state index contributed by atoms with van der Waals surface area (Å²) in [6.45, 7) is 13.3. The number of rotatable bonds is 1. The predicted octanol–water partition coefficient (Wildman–Crippen LogP) is 7.52. The minimum Gasteiger partial charge on any atom is -0.399 e. The average molecular weight is 476 g/mol. The van der Waals surface area contributed by atoms with Crippen LogP contribution in [0.25, 0.3) is 22.3 Å². The highest BCUT2D eigenvalue weighted by atomic mass is 16.7. The smallest absolute Gasteiger partial charge is 0.399 e. The summed E-state index contributed by atoms with van der Waals surface area (Å²) in [5.41, 5.74) is 12.3. The zero-order valence-corrected chi connectivity index (χ0v) is 22.6. The fourth-order valence-corrected chi connectivity index (χ4v) is 7.61. The highest BCUT2D eigenvalue weighted by Gasteiger charge is 2.52. The van der Waals surface area contributed by atoms with E-state index in [2.05, 4.69) is 96.1 Å².